The average Bonchev–Trinajstić information content (AvgIpc) is 2.75. The minimum absolute atomic E-state index is 0.0256. The summed E-state index contributed by atoms with van der Waals surface area (Å²) in [5, 5.41) is 13.0. The number of morpholine rings is 1. The summed E-state index contributed by atoms with van der Waals surface area (Å²) in [5.41, 5.74) is 5.43. The predicted molar refractivity (Wildman–Crippen MR) is 110 cm³/mol. The van der Waals surface area contributed by atoms with Gasteiger partial charge in [-0.25, -0.2) is 4.39 Å². The van der Waals surface area contributed by atoms with Crippen LogP contribution in [0, 0.1) is 12.7 Å². The summed E-state index contributed by atoms with van der Waals surface area (Å²) in [6, 6.07) is 7.86. The topological polar surface area (TPSA) is 76.3 Å². The molecule has 164 valence electrons. The maximum atomic E-state index is 13.8. The van der Waals surface area contributed by atoms with Crippen molar-refractivity contribution in [3.63, 3.8) is 0 Å². The molecule has 0 unspecified atom stereocenters. The Hall–Kier alpha value is -3.14. The lowest BCUT2D eigenvalue weighted by Crippen LogP contribution is -2.36. The Kier molecular flexibility index (Phi) is 5.57. The second kappa shape index (κ2) is 8.18. The van der Waals surface area contributed by atoms with Crippen LogP contribution in [0.25, 0.3) is 10.8 Å². The minimum atomic E-state index is -4.84. The van der Waals surface area contributed by atoms with E-state index in [1.165, 1.54) is 6.07 Å². The van der Waals surface area contributed by atoms with E-state index in [1.54, 1.807) is 0 Å². The maximum absolute atomic E-state index is 13.8. The summed E-state index contributed by atoms with van der Waals surface area (Å²) >= 11 is 0. The Morgan fingerprint density at radius 3 is 2.55 bits per heavy atom. The summed E-state index contributed by atoms with van der Waals surface area (Å²) < 4.78 is 58.5. The van der Waals surface area contributed by atoms with E-state index in [0.29, 0.717) is 19.0 Å². The van der Waals surface area contributed by atoms with Crippen LogP contribution in [0.3, 0.4) is 0 Å². The zero-order valence-electron chi connectivity index (χ0n) is 16.8. The fourth-order valence-corrected chi connectivity index (χ4v) is 3.63. The van der Waals surface area contributed by atoms with Crippen molar-refractivity contribution in [1.29, 1.82) is 0 Å². The van der Waals surface area contributed by atoms with Crippen LogP contribution in [0.2, 0.25) is 0 Å². The molecule has 0 atom stereocenters. The molecule has 0 saturated carbocycles. The molecular weight excluding hydrogens is 414 g/mol. The van der Waals surface area contributed by atoms with Gasteiger partial charge in [0.05, 0.1) is 30.2 Å². The standard InChI is InChI=1S/C21H21F4N5O/c1-12-15-3-2-14(30-4-6-31-7-5-30)10-16(15)20(29-28-12)27-11-13-8-17(21(23,24)25)19(22)18(26)9-13/h2-3,8-10H,4-7,11,26H2,1H3,(H,27,29). The van der Waals surface area contributed by atoms with E-state index in [1.807, 2.05) is 25.1 Å². The molecule has 0 radical (unpaired) electrons. The SMILES string of the molecule is Cc1nnc(NCc2cc(N)c(F)c(C(F)(F)F)c2)c2cc(N3CCOCC3)ccc12. The lowest BCUT2D eigenvalue weighted by molar-refractivity contribution is -0.139. The number of aromatic nitrogens is 2. The molecule has 0 amide bonds. The van der Waals surface area contributed by atoms with Crippen LogP contribution in [-0.4, -0.2) is 36.5 Å². The van der Waals surface area contributed by atoms with E-state index in [-0.39, 0.29) is 12.1 Å². The highest BCUT2D eigenvalue weighted by Crippen LogP contribution is 2.35. The molecule has 0 aliphatic carbocycles. The monoisotopic (exact) mass is 435 g/mol. The predicted octanol–water partition coefficient (Wildman–Crippen LogP) is 4.13. The number of ether oxygens (including phenoxy) is 1. The number of rotatable bonds is 4. The van der Waals surface area contributed by atoms with Gasteiger partial charge in [0.2, 0.25) is 0 Å². The number of nitrogens with zero attached hydrogens (tertiary/aromatic N) is 3. The number of benzene rings is 2. The number of anilines is 3. The second-order valence-corrected chi connectivity index (χ2v) is 7.36. The molecule has 10 heteroatoms. The second-order valence-electron chi connectivity index (χ2n) is 7.36. The third kappa shape index (κ3) is 4.34. The number of aryl methyl sites for hydroxylation is 1. The van der Waals surface area contributed by atoms with Gasteiger partial charge in [-0.15, -0.1) is 5.10 Å². The molecule has 4 rings (SSSR count). The molecule has 1 aromatic heterocycles. The van der Waals surface area contributed by atoms with Gasteiger partial charge in [-0.1, -0.05) is 6.07 Å². The lowest BCUT2D eigenvalue weighted by atomic mass is 10.1. The number of fused-ring (bicyclic) bond motifs is 1. The first-order valence-corrected chi connectivity index (χ1v) is 9.73. The van der Waals surface area contributed by atoms with Gasteiger partial charge in [0.15, 0.2) is 11.6 Å². The summed E-state index contributed by atoms with van der Waals surface area (Å²) in [6.07, 6.45) is -4.84. The van der Waals surface area contributed by atoms with Crippen LogP contribution >= 0.6 is 0 Å². The Morgan fingerprint density at radius 1 is 1.10 bits per heavy atom. The Bertz CT molecular complexity index is 1110. The van der Waals surface area contributed by atoms with E-state index in [2.05, 4.69) is 20.4 Å². The zero-order chi connectivity index (χ0) is 22.2. The molecule has 31 heavy (non-hydrogen) atoms. The summed E-state index contributed by atoms with van der Waals surface area (Å²) in [7, 11) is 0. The van der Waals surface area contributed by atoms with Gasteiger partial charge >= 0.3 is 6.18 Å². The smallest absolute Gasteiger partial charge is 0.396 e. The molecule has 1 aliphatic heterocycles. The number of halogens is 4. The van der Waals surface area contributed by atoms with E-state index in [0.717, 1.165) is 41.3 Å². The molecule has 1 fully saturated rings. The average molecular weight is 435 g/mol. The van der Waals surface area contributed by atoms with Crippen LogP contribution in [0.1, 0.15) is 16.8 Å². The molecule has 1 saturated heterocycles. The normalized spacial score (nSPS) is 14.8. The van der Waals surface area contributed by atoms with E-state index in [9.17, 15) is 17.6 Å². The molecule has 3 aromatic rings. The minimum Gasteiger partial charge on any atom is -0.396 e. The summed E-state index contributed by atoms with van der Waals surface area (Å²) in [6.45, 7) is 4.63. The Morgan fingerprint density at radius 2 is 1.84 bits per heavy atom. The van der Waals surface area contributed by atoms with Crippen molar-refractivity contribution < 1.29 is 22.3 Å². The van der Waals surface area contributed by atoms with Gasteiger partial charge in [0.25, 0.3) is 0 Å². The van der Waals surface area contributed by atoms with Crippen molar-refractivity contribution in [1.82, 2.24) is 10.2 Å². The molecular formula is C21H21F4N5O. The molecule has 6 nitrogen and oxygen atoms in total. The molecule has 0 spiro atoms. The number of hydrogen-bond donors (Lipinski definition) is 2. The number of nitrogens with one attached hydrogen (secondary N) is 1. The number of nitrogens with two attached hydrogens (primary N) is 1. The molecule has 2 heterocycles. The zero-order valence-corrected chi connectivity index (χ0v) is 16.8. The molecule has 3 N–H and O–H groups in total. The maximum Gasteiger partial charge on any atom is 0.419 e. The fourth-order valence-electron chi connectivity index (χ4n) is 3.63. The number of hydrogen-bond acceptors (Lipinski definition) is 6. The van der Waals surface area contributed by atoms with E-state index >= 15 is 0 Å². The largest absolute Gasteiger partial charge is 0.419 e. The van der Waals surface area contributed by atoms with Crippen LogP contribution in [-0.2, 0) is 17.5 Å². The van der Waals surface area contributed by atoms with Crippen LogP contribution in [0.4, 0.5) is 34.8 Å². The lowest BCUT2D eigenvalue weighted by Gasteiger charge is -2.29. The third-order valence-electron chi connectivity index (χ3n) is 5.25. The van der Waals surface area contributed by atoms with Gasteiger partial charge in [0, 0.05) is 36.1 Å². The molecule has 1 aliphatic rings. The first kappa shape index (κ1) is 21.1. The third-order valence-corrected chi connectivity index (χ3v) is 5.25. The summed E-state index contributed by atoms with van der Waals surface area (Å²) in [5.74, 6) is -1.04. The van der Waals surface area contributed by atoms with Gasteiger partial charge in [0.1, 0.15) is 0 Å². The highest BCUT2D eigenvalue weighted by atomic mass is 19.4. The van der Waals surface area contributed by atoms with Crippen LogP contribution in [0.15, 0.2) is 30.3 Å². The fraction of sp³-hybridized carbons (Fsp3) is 0.333. The van der Waals surface area contributed by atoms with Crippen LogP contribution in [0.5, 0.6) is 0 Å². The van der Waals surface area contributed by atoms with Crippen molar-refractivity contribution >= 4 is 28.0 Å². The van der Waals surface area contributed by atoms with Crippen molar-refractivity contribution in [2.45, 2.75) is 19.6 Å². The van der Waals surface area contributed by atoms with Crippen molar-refractivity contribution in [2.75, 3.05) is 42.3 Å². The number of alkyl halides is 3. The van der Waals surface area contributed by atoms with E-state index in [4.69, 9.17) is 10.5 Å². The van der Waals surface area contributed by atoms with Gasteiger partial charge in [-0.05, 0) is 36.8 Å². The molecule has 0 bridgehead atoms. The highest BCUT2D eigenvalue weighted by molar-refractivity contribution is 5.95. The highest BCUT2D eigenvalue weighted by Gasteiger charge is 2.35. The number of nitrogen functional groups attached to an aromatic ring is 1. The van der Waals surface area contributed by atoms with Crippen molar-refractivity contribution in [2.24, 2.45) is 0 Å². The van der Waals surface area contributed by atoms with Gasteiger partial charge in [-0.2, -0.15) is 18.3 Å². The van der Waals surface area contributed by atoms with Crippen molar-refractivity contribution in [3.05, 3.63) is 53.0 Å². The van der Waals surface area contributed by atoms with Gasteiger partial charge in [-0.3, -0.25) is 0 Å². The molecule has 2 aromatic carbocycles. The first-order valence-electron chi connectivity index (χ1n) is 9.73. The summed E-state index contributed by atoms with van der Waals surface area (Å²) in [4.78, 5) is 2.19. The Balaban J connectivity index is 1.65. The quantitative estimate of drug-likeness (QED) is 0.474. The first-order chi connectivity index (χ1) is 14.7. The van der Waals surface area contributed by atoms with Crippen LogP contribution < -0.4 is 16.0 Å². The Labute approximate surface area is 176 Å². The van der Waals surface area contributed by atoms with Gasteiger partial charge < -0.3 is 20.7 Å². The van der Waals surface area contributed by atoms with Crippen molar-refractivity contribution in [3.8, 4) is 0 Å². The van der Waals surface area contributed by atoms with E-state index < -0.39 is 23.2 Å².